The number of fused-ring (bicyclic) bond motifs is 2. The molecule has 2 saturated carbocycles. The highest BCUT2D eigenvalue weighted by atomic mass is 16.7. The van der Waals surface area contributed by atoms with Crippen LogP contribution in [-0.2, 0) is 22.2 Å². The van der Waals surface area contributed by atoms with Crippen molar-refractivity contribution in [1.82, 2.24) is 0 Å². The van der Waals surface area contributed by atoms with Gasteiger partial charge in [0.1, 0.15) is 0 Å². The van der Waals surface area contributed by atoms with Gasteiger partial charge >= 0.3 is 7.12 Å². The molecule has 1 aromatic carbocycles. The Hall–Kier alpha value is -0.795. The van der Waals surface area contributed by atoms with E-state index in [0.29, 0.717) is 0 Å². The van der Waals surface area contributed by atoms with Gasteiger partial charge in [-0.3, -0.25) is 0 Å². The summed E-state index contributed by atoms with van der Waals surface area (Å²) < 4.78 is 13.4. The first-order chi connectivity index (χ1) is 10.8. The van der Waals surface area contributed by atoms with Crippen molar-refractivity contribution >= 4 is 12.6 Å². The van der Waals surface area contributed by atoms with E-state index in [-0.39, 0.29) is 18.3 Å². The van der Waals surface area contributed by atoms with Crippen molar-refractivity contribution in [2.24, 2.45) is 0 Å². The minimum atomic E-state index is -0.123. The van der Waals surface area contributed by atoms with E-state index in [9.17, 15) is 0 Å². The maximum Gasteiger partial charge on any atom is 0.494 e. The van der Waals surface area contributed by atoms with Crippen molar-refractivity contribution in [3.8, 4) is 0 Å². The van der Waals surface area contributed by atoms with E-state index >= 15 is 0 Å². The zero-order valence-corrected chi connectivity index (χ0v) is 13.4. The van der Waals surface area contributed by atoms with Gasteiger partial charge in [-0.05, 0) is 55.1 Å². The van der Waals surface area contributed by atoms with Crippen LogP contribution in [-0.4, -0.2) is 18.3 Å². The average molecular weight is 296 g/mol. The van der Waals surface area contributed by atoms with Gasteiger partial charge in [0.15, 0.2) is 0 Å². The molecule has 0 N–H and O–H groups in total. The second kappa shape index (κ2) is 4.85. The highest BCUT2D eigenvalue weighted by molar-refractivity contribution is 6.62. The summed E-state index contributed by atoms with van der Waals surface area (Å²) in [5.74, 6) is 0. The molecule has 2 nitrogen and oxygen atoms in total. The third-order valence-corrected chi connectivity index (χ3v) is 6.73. The number of hydrogen-bond acceptors (Lipinski definition) is 2. The number of aryl methyl sites for hydroxylation is 2. The Morgan fingerprint density at radius 2 is 1.32 bits per heavy atom. The molecule has 1 aromatic rings. The fraction of sp³-hybridized carbons (Fsp3) is 0.684. The Kier molecular flexibility index (Phi) is 3.00. The van der Waals surface area contributed by atoms with Gasteiger partial charge in [0.05, 0.1) is 11.2 Å². The van der Waals surface area contributed by atoms with Crippen molar-refractivity contribution in [2.45, 2.75) is 81.8 Å². The Bertz CT molecular complexity index is 585. The summed E-state index contributed by atoms with van der Waals surface area (Å²) in [7, 11) is -0.123. The molecule has 0 atom stereocenters. The molecule has 0 radical (unpaired) electrons. The largest absolute Gasteiger partial charge is 0.494 e. The molecule has 22 heavy (non-hydrogen) atoms. The van der Waals surface area contributed by atoms with Crippen LogP contribution in [0.2, 0.25) is 0 Å². The van der Waals surface area contributed by atoms with Crippen molar-refractivity contribution < 1.29 is 9.31 Å². The molecular formula is C19H25BO2. The first kappa shape index (κ1) is 13.6. The second-order valence-corrected chi connectivity index (χ2v) is 7.85. The molecule has 116 valence electrons. The number of rotatable bonds is 1. The van der Waals surface area contributed by atoms with E-state index in [1.54, 1.807) is 0 Å². The van der Waals surface area contributed by atoms with Gasteiger partial charge in [-0.2, -0.15) is 0 Å². The van der Waals surface area contributed by atoms with Crippen molar-refractivity contribution in [1.29, 1.82) is 0 Å². The van der Waals surface area contributed by atoms with E-state index in [0.717, 1.165) is 0 Å². The van der Waals surface area contributed by atoms with Crippen LogP contribution in [0.3, 0.4) is 0 Å². The van der Waals surface area contributed by atoms with Crippen LogP contribution < -0.4 is 5.46 Å². The quantitative estimate of drug-likeness (QED) is 0.738. The van der Waals surface area contributed by atoms with E-state index in [1.165, 1.54) is 87.2 Å². The summed E-state index contributed by atoms with van der Waals surface area (Å²) >= 11 is 0. The highest BCUT2D eigenvalue weighted by Crippen LogP contribution is 2.54. The smallest absolute Gasteiger partial charge is 0.399 e. The minimum absolute atomic E-state index is 0.00929. The molecule has 0 amide bonds. The molecule has 2 spiro atoms. The maximum absolute atomic E-state index is 6.71. The lowest BCUT2D eigenvalue weighted by atomic mass is 9.71. The van der Waals surface area contributed by atoms with Gasteiger partial charge in [-0.25, -0.2) is 0 Å². The zero-order chi connectivity index (χ0) is 14.6. The summed E-state index contributed by atoms with van der Waals surface area (Å²) in [5, 5.41) is 0. The van der Waals surface area contributed by atoms with Crippen molar-refractivity contribution in [3.05, 3.63) is 29.3 Å². The summed E-state index contributed by atoms with van der Waals surface area (Å²) in [6.45, 7) is 0. The van der Waals surface area contributed by atoms with Gasteiger partial charge in [0.25, 0.3) is 0 Å². The van der Waals surface area contributed by atoms with Crippen LogP contribution in [0.1, 0.15) is 68.9 Å². The highest BCUT2D eigenvalue weighted by Gasteiger charge is 2.62. The number of hydrogen-bond donors (Lipinski definition) is 0. The van der Waals surface area contributed by atoms with Crippen molar-refractivity contribution in [3.63, 3.8) is 0 Å². The molecule has 0 unspecified atom stereocenters. The van der Waals surface area contributed by atoms with Crippen LogP contribution in [0.25, 0.3) is 0 Å². The van der Waals surface area contributed by atoms with Crippen LogP contribution >= 0.6 is 0 Å². The molecular weight excluding hydrogens is 271 g/mol. The van der Waals surface area contributed by atoms with Gasteiger partial charge in [0, 0.05) is 0 Å². The second-order valence-electron chi connectivity index (χ2n) is 7.85. The summed E-state index contributed by atoms with van der Waals surface area (Å²) in [5.41, 5.74) is 4.31. The lowest BCUT2D eigenvalue weighted by Crippen LogP contribution is -2.51. The van der Waals surface area contributed by atoms with Crippen molar-refractivity contribution in [2.75, 3.05) is 0 Å². The normalized spacial score (nSPS) is 28.1. The Labute approximate surface area is 133 Å². The Balaban J connectivity index is 1.49. The Morgan fingerprint density at radius 1 is 0.727 bits per heavy atom. The first-order valence-electron chi connectivity index (χ1n) is 9.28. The summed E-state index contributed by atoms with van der Waals surface area (Å²) in [6.07, 6.45) is 13.9. The summed E-state index contributed by atoms with van der Waals surface area (Å²) in [4.78, 5) is 0. The van der Waals surface area contributed by atoms with Crippen LogP contribution in [0.4, 0.5) is 0 Å². The first-order valence-corrected chi connectivity index (χ1v) is 9.28. The predicted molar refractivity (Wildman–Crippen MR) is 88.4 cm³/mol. The fourth-order valence-electron chi connectivity index (χ4n) is 5.36. The van der Waals surface area contributed by atoms with Crippen LogP contribution in [0.15, 0.2) is 18.2 Å². The molecule has 4 aliphatic rings. The molecule has 3 fully saturated rings. The monoisotopic (exact) mass is 296 g/mol. The van der Waals surface area contributed by atoms with E-state index < -0.39 is 0 Å². The van der Waals surface area contributed by atoms with Gasteiger partial charge in [-0.1, -0.05) is 50.3 Å². The SMILES string of the molecule is c1cc2c(cc1B1OC3(CCCCC3)C3(CCCC3)O1)CC2. The number of benzene rings is 1. The van der Waals surface area contributed by atoms with Gasteiger partial charge in [-0.15, -0.1) is 0 Å². The topological polar surface area (TPSA) is 18.5 Å². The standard InChI is InChI=1S/C19H25BO2/c1-2-10-18(11-3-1)19(12-4-5-13-19)22-20(21-18)17-9-8-15-6-7-16(15)14-17/h8-9,14H,1-7,10-13H2. The van der Waals surface area contributed by atoms with E-state index in [4.69, 9.17) is 9.31 Å². The molecule has 1 aliphatic heterocycles. The predicted octanol–water partition coefficient (Wildman–Crippen LogP) is 3.54. The molecule has 3 aliphatic carbocycles. The van der Waals surface area contributed by atoms with Crippen LogP contribution in [0.5, 0.6) is 0 Å². The molecule has 0 aromatic heterocycles. The molecule has 1 saturated heterocycles. The van der Waals surface area contributed by atoms with Gasteiger partial charge in [0.2, 0.25) is 0 Å². The third kappa shape index (κ3) is 1.82. The van der Waals surface area contributed by atoms with E-state index in [2.05, 4.69) is 18.2 Å². The maximum atomic E-state index is 6.71. The summed E-state index contributed by atoms with van der Waals surface area (Å²) in [6, 6.07) is 6.87. The molecule has 5 rings (SSSR count). The molecule has 3 heteroatoms. The van der Waals surface area contributed by atoms with Gasteiger partial charge < -0.3 is 9.31 Å². The molecule has 0 bridgehead atoms. The lowest BCUT2D eigenvalue weighted by Gasteiger charge is -2.44. The Morgan fingerprint density at radius 3 is 1.86 bits per heavy atom. The fourth-order valence-corrected chi connectivity index (χ4v) is 5.36. The van der Waals surface area contributed by atoms with E-state index in [1.807, 2.05) is 0 Å². The lowest BCUT2D eigenvalue weighted by molar-refractivity contribution is -0.0684. The molecule has 1 heterocycles. The zero-order valence-electron chi connectivity index (χ0n) is 13.4. The third-order valence-electron chi connectivity index (χ3n) is 6.73. The minimum Gasteiger partial charge on any atom is -0.399 e. The van der Waals surface area contributed by atoms with Crippen LogP contribution in [0, 0.1) is 0 Å². The average Bonchev–Trinajstić information content (AvgIpc) is 3.09.